The highest BCUT2D eigenvalue weighted by molar-refractivity contribution is 5.86. The van der Waals surface area contributed by atoms with Crippen LogP contribution in [0.2, 0.25) is 0 Å². The largest absolute Gasteiger partial charge is 0.463 e. The molecule has 0 aromatic heterocycles. The van der Waals surface area contributed by atoms with Gasteiger partial charge < -0.3 is 14.6 Å². The zero-order chi connectivity index (χ0) is 17.6. The second-order valence-electron chi connectivity index (χ2n) is 6.95. The highest BCUT2D eigenvalue weighted by Crippen LogP contribution is 2.39. The van der Waals surface area contributed by atoms with Crippen molar-refractivity contribution < 1.29 is 24.2 Å². The summed E-state index contributed by atoms with van der Waals surface area (Å²) in [5.74, 6) is 1.28. The molecule has 1 aliphatic carbocycles. The first-order valence-corrected chi connectivity index (χ1v) is 8.38. The zero-order valence-corrected chi connectivity index (χ0v) is 14.7. The van der Waals surface area contributed by atoms with Crippen LogP contribution in [-0.4, -0.2) is 36.4 Å². The molecule has 0 saturated heterocycles. The molecule has 5 heteroatoms. The maximum Gasteiger partial charge on any atom is 0.333 e. The van der Waals surface area contributed by atoms with Gasteiger partial charge in [-0.05, 0) is 37.0 Å². The molecule has 5 unspecified atom stereocenters. The molecule has 1 saturated carbocycles. The van der Waals surface area contributed by atoms with E-state index in [2.05, 4.69) is 27.4 Å². The Bertz CT molecular complexity index is 431. The first kappa shape index (κ1) is 19.7. The van der Waals surface area contributed by atoms with Gasteiger partial charge in [-0.3, -0.25) is 4.79 Å². The Morgan fingerprint density at radius 3 is 2.35 bits per heavy atom. The van der Waals surface area contributed by atoms with Crippen LogP contribution in [-0.2, 0) is 19.1 Å². The van der Waals surface area contributed by atoms with Crippen molar-refractivity contribution in [3.8, 4) is 0 Å². The third kappa shape index (κ3) is 6.34. The maximum absolute atomic E-state index is 11.9. The van der Waals surface area contributed by atoms with E-state index in [0.29, 0.717) is 30.1 Å². The molecule has 0 radical (unpaired) electrons. The van der Waals surface area contributed by atoms with Crippen molar-refractivity contribution in [2.75, 3.05) is 13.2 Å². The second-order valence-corrected chi connectivity index (χ2v) is 6.95. The molecule has 23 heavy (non-hydrogen) atoms. The van der Waals surface area contributed by atoms with Gasteiger partial charge in [-0.15, -0.1) is 0 Å². The van der Waals surface area contributed by atoms with E-state index in [9.17, 15) is 14.7 Å². The highest BCUT2D eigenvalue weighted by atomic mass is 16.6. The predicted octanol–water partition coefficient (Wildman–Crippen LogP) is 2.72. The first-order chi connectivity index (χ1) is 10.7. The fraction of sp³-hybridized carbons (Fsp3) is 0.778. The average Bonchev–Trinajstić information content (AvgIpc) is 2.51. The average molecular weight is 326 g/mol. The van der Waals surface area contributed by atoms with Gasteiger partial charge in [0.25, 0.3) is 0 Å². The van der Waals surface area contributed by atoms with Gasteiger partial charge in [0, 0.05) is 12.0 Å². The third-order valence-electron chi connectivity index (χ3n) is 5.08. The summed E-state index contributed by atoms with van der Waals surface area (Å²) in [5.41, 5.74) is 0.267. The molecule has 132 valence electrons. The number of carbonyl (C=O) groups is 2. The summed E-state index contributed by atoms with van der Waals surface area (Å²) in [4.78, 5) is 23.1. The topological polar surface area (TPSA) is 72.8 Å². The second kappa shape index (κ2) is 9.06. The van der Waals surface area contributed by atoms with Crippen LogP contribution in [0.25, 0.3) is 0 Å². The third-order valence-corrected chi connectivity index (χ3v) is 5.08. The molecule has 0 aliphatic heterocycles. The number of esters is 2. The van der Waals surface area contributed by atoms with Crippen molar-refractivity contribution in [1.29, 1.82) is 0 Å². The van der Waals surface area contributed by atoms with E-state index in [-0.39, 0.29) is 24.8 Å². The van der Waals surface area contributed by atoms with Gasteiger partial charge in [0.2, 0.25) is 0 Å². The molecule has 1 N–H and O–H groups in total. The van der Waals surface area contributed by atoms with Crippen LogP contribution >= 0.6 is 0 Å². The molecule has 5 atom stereocenters. The van der Waals surface area contributed by atoms with Gasteiger partial charge in [-0.2, -0.15) is 0 Å². The molecular weight excluding hydrogens is 296 g/mol. The van der Waals surface area contributed by atoms with Crippen molar-refractivity contribution >= 4 is 11.9 Å². The van der Waals surface area contributed by atoms with E-state index in [1.54, 1.807) is 0 Å². The zero-order valence-electron chi connectivity index (χ0n) is 14.7. The van der Waals surface area contributed by atoms with Gasteiger partial charge in [-0.1, -0.05) is 33.8 Å². The number of ether oxygens (including phenoxy) is 2. The molecule has 0 spiro atoms. The maximum atomic E-state index is 11.9. The smallest absolute Gasteiger partial charge is 0.333 e. The molecular formula is C18H30O5. The molecule has 0 aromatic carbocycles. The van der Waals surface area contributed by atoms with Crippen LogP contribution in [0.1, 0.15) is 47.0 Å². The molecule has 0 amide bonds. The van der Waals surface area contributed by atoms with Crippen molar-refractivity contribution in [2.45, 2.75) is 53.1 Å². The number of hydrogen-bond donors (Lipinski definition) is 1. The minimum atomic E-state index is -1.01. The fourth-order valence-electron chi connectivity index (χ4n) is 3.04. The van der Waals surface area contributed by atoms with Gasteiger partial charge in [0.1, 0.15) is 19.3 Å². The summed E-state index contributed by atoms with van der Waals surface area (Å²) in [6, 6.07) is 0. The Hall–Kier alpha value is -1.36. The van der Waals surface area contributed by atoms with Crippen LogP contribution in [0.5, 0.6) is 0 Å². The van der Waals surface area contributed by atoms with Gasteiger partial charge in [0.15, 0.2) is 0 Å². The van der Waals surface area contributed by atoms with E-state index in [1.165, 1.54) is 6.92 Å². The number of aliphatic hydroxyl groups excluding tert-OH is 1. The molecule has 0 bridgehead atoms. The van der Waals surface area contributed by atoms with Crippen LogP contribution < -0.4 is 0 Å². The Balaban J connectivity index is 2.28. The number of carbonyl (C=O) groups excluding carboxylic acids is 2. The van der Waals surface area contributed by atoms with E-state index >= 15 is 0 Å². The van der Waals surface area contributed by atoms with Crippen molar-refractivity contribution in [3.63, 3.8) is 0 Å². The summed E-state index contributed by atoms with van der Waals surface area (Å²) >= 11 is 0. The van der Waals surface area contributed by atoms with Gasteiger partial charge in [0.05, 0.1) is 0 Å². The Labute approximate surface area is 139 Å². The van der Waals surface area contributed by atoms with Gasteiger partial charge >= 0.3 is 11.9 Å². The van der Waals surface area contributed by atoms with E-state index in [4.69, 9.17) is 9.47 Å². The minimum Gasteiger partial charge on any atom is -0.463 e. The van der Waals surface area contributed by atoms with Crippen LogP contribution in [0.4, 0.5) is 0 Å². The molecule has 1 rings (SSSR count). The minimum absolute atomic E-state index is 0.157. The highest BCUT2D eigenvalue weighted by Gasteiger charge is 2.33. The predicted molar refractivity (Wildman–Crippen MR) is 87.6 cm³/mol. The van der Waals surface area contributed by atoms with Gasteiger partial charge in [-0.25, -0.2) is 4.79 Å². The van der Waals surface area contributed by atoms with Crippen LogP contribution in [0.15, 0.2) is 12.2 Å². The summed E-state index contributed by atoms with van der Waals surface area (Å²) in [6.07, 6.45) is 1.56. The normalized spacial score (nSPS) is 28.7. The molecule has 1 fully saturated rings. The summed E-state index contributed by atoms with van der Waals surface area (Å²) in [5, 5.41) is 9.68. The molecule has 5 nitrogen and oxygen atoms in total. The van der Waals surface area contributed by atoms with Crippen molar-refractivity contribution in [1.82, 2.24) is 0 Å². The van der Waals surface area contributed by atoms with Crippen LogP contribution in [0.3, 0.4) is 0 Å². The van der Waals surface area contributed by atoms with E-state index < -0.39 is 12.1 Å². The Morgan fingerprint density at radius 1 is 1.13 bits per heavy atom. The Morgan fingerprint density at radius 2 is 1.74 bits per heavy atom. The lowest BCUT2D eigenvalue weighted by atomic mass is 9.68. The number of rotatable bonds is 7. The SMILES string of the molecule is C=C(C)C(=O)OCC(O)COC(=O)CC1CCC(C)C(C)C1C. The van der Waals surface area contributed by atoms with Crippen LogP contribution in [0, 0.1) is 23.7 Å². The van der Waals surface area contributed by atoms with E-state index in [0.717, 1.165) is 12.8 Å². The van der Waals surface area contributed by atoms with Crippen molar-refractivity contribution in [3.05, 3.63) is 12.2 Å². The van der Waals surface area contributed by atoms with Crippen molar-refractivity contribution in [2.24, 2.45) is 23.7 Å². The molecule has 0 heterocycles. The summed E-state index contributed by atoms with van der Waals surface area (Å²) in [6.45, 7) is 11.3. The summed E-state index contributed by atoms with van der Waals surface area (Å²) < 4.78 is 9.92. The number of hydrogen-bond acceptors (Lipinski definition) is 5. The lowest BCUT2D eigenvalue weighted by molar-refractivity contribution is -0.152. The molecule has 1 aliphatic rings. The lowest BCUT2D eigenvalue weighted by Crippen LogP contribution is -2.32. The molecule has 0 aromatic rings. The lowest BCUT2D eigenvalue weighted by Gasteiger charge is -2.38. The first-order valence-electron chi connectivity index (χ1n) is 8.38. The standard InChI is InChI=1S/C18H30O5/c1-11(2)18(21)23-10-16(19)9-22-17(20)8-15-7-6-12(3)13(4)14(15)5/h12-16,19H,1,6-10H2,2-5H3. The fourth-order valence-corrected chi connectivity index (χ4v) is 3.04. The number of aliphatic hydroxyl groups is 1. The monoisotopic (exact) mass is 326 g/mol. The van der Waals surface area contributed by atoms with E-state index in [1.807, 2.05) is 0 Å². The quantitative estimate of drug-likeness (QED) is 0.575. The summed E-state index contributed by atoms with van der Waals surface area (Å²) in [7, 11) is 0. The Kier molecular flexibility index (Phi) is 7.76.